The summed E-state index contributed by atoms with van der Waals surface area (Å²) in [5.41, 5.74) is 1.91. The maximum absolute atomic E-state index is 13.4. The summed E-state index contributed by atoms with van der Waals surface area (Å²) < 4.78 is 63.5. The van der Waals surface area contributed by atoms with E-state index in [9.17, 15) is 31.9 Å². The monoisotopic (exact) mass is 630 g/mol. The second kappa shape index (κ2) is 10.9. The van der Waals surface area contributed by atoms with Gasteiger partial charge in [0, 0.05) is 42.7 Å². The summed E-state index contributed by atoms with van der Waals surface area (Å²) in [5.74, 6) is -0.607. The molecule has 6 rings (SSSR count). The number of fused-ring (bicyclic) bond motifs is 1. The summed E-state index contributed by atoms with van der Waals surface area (Å²) in [6.07, 6.45) is -1.26. The lowest BCUT2D eigenvalue weighted by Crippen LogP contribution is -2.50. The number of aliphatic hydroxyl groups excluding tert-OH is 1. The van der Waals surface area contributed by atoms with Crippen LogP contribution in [0, 0.1) is 13.8 Å². The molecule has 2 aromatic carbocycles. The van der Waals surface area contributed by atoms with E-state index in [2.05, 4.69) is 19.8 Å². The number of hydrogen-bond acceptors (Lipinski definition) is 8. The summed E-state index contributed by atoms with van der Waals surface area (Å²) in [6, 6.07) is 7.60. The van der Waals surface area contributed by atoms with Crippen LogP contribution in [-0.4, -0.2) is 84.5 Å². The molecule has 0 bridgehead atoms. The summed E-state index contributed by atoms with van der Waals surface area (Å²) >= 11 is 0. The Morgan fingerprint density at radius 3 is 2.34 bits per heavy atom. The van der Waals surface area contributed by atoms with Crippen LogP contribution in [-0.2, 0) is 14.8 Å². The third kappa shape index (κ3) is 5.69. The Hall–Kier alpha value is -3.88. The summed E-state index contributed by atoms with van der Waals surface area (Å²) in [7, 11) is -3.84. The number of amides is 2. The largest absolute Gasteiger partial charge is 0.586 e. The molecule has 0 aromatic heterocycles. The predicted octanol–water partition coefficient (Wildman–Crippen LogP) is 2.93. The van der Waals surface area contributed by atoms with Crippen molar-refractivity contribution in [2.24, 2.45) is 4.99 Å². The van der Waals surface area contributed by atoms with Crippen LogP contribution in [0.15, 0.2) is 40.7 Å². The number of aryl methyl sites for hydroxylation is 2. The first kappa shape index (κ1) is 30.2. The molecule has 2 amide bonds. The zero-order chi connectivity index (χ0) is 31.4. The van der Waals surface area contributed by atoms with Gasteiger partial charge in [0.1, 0.15) is 11.4 Å². The topological polar surface area (TPSA) is 138 Å². The maximum Gasteiger partial charge on any atom is 0.586 e. The lowest BCUT2D eigenvalue weighted by molar-refractivity contribution is -0.286. The third-order valence-electron chi connectivity index (χ3n) is 8.56. The molecule has 2 fully saturated rings. The molecule has 44 heavy (non-hydrogen) atoms. The highest BCUT2D eigenvalue weighted by Gasteiger charge is 2.48. The van der Waals surface area contributed by atoms with Crippen molar-refractivity contribution in [3.05, 3.63) is 63.6 Å². The summed E-state index contributed by atoms with van der Waals surface area (Å²) in [5, 5.41) is 13.6. The molecule has 4 aliphatic rings. The molecular formula is C30H32F2N4O7S. The van der Waals surface area contributed by atoms with Crippen molar-refractivity contribution in [2.45, 2.75) is 57.5 Å². The number of sulfonamides is 1. The number of alkyl halides is 2. The van der Waals surface area contributed by atoms with Gasteiger partial charge in [-0.3, -0.25) is 14.6 Å². The quantitative estimate of drug-likeness (QED) is 0.518. The van der Waals surface area contributed by atoms with Crippen molar-refractivity contribution in [3.8, 4) is 11.5 Å². The van der Waals surface area contributed by atoms with Crippen LogP contribution < -0.4 is 14.8 Å². The van der Waals surface area contributed by atoms with Gasteiger partial charge in [0.2, 0.25) is 10.0 Å². The molecule has 0 atom stereocenters. The van der Waals surface area contributed by atoms with Gasteiger partial charge in [0.25, 0.3) is 11.8 Å². The Kier molecular flexibility index (Phi) is 7.49. The Morgan fingerprint density at radius 1 is 1.05 bits per heavy atom. The van der Waals surface area contributed by atoms with Crippen molar-refractivity contribution in [1.29, 1.82) is 0 Å². The van der Waals surface area contributed by atoms with Crippen LogP contribution in [0.4, 0.5) is 8.78 Å². The van der Waals surface area contributed by atoms with Crippen LogP contribution in [0.1, 0.15) is 58.3 Å². The number of carbonyl (C=O) groups is 2. The average Bonchev–Trinajstić information content (AvgIpc) is 3.46. The number of piperidine rings is 2. The second-order valence-electron chi connectivity index (χ2n) is 11.6. The molecule has 0 aliphatic carbocycles. The molecule has 1 spiro atoms. The van der Waals surface area contributed by atoms with Crippen molar-refractivity contribution >= 4 is 33.7 Å². The zero-order valence-electron chi connectivity index (χ0n) is 24.2. The van der Waals surface area contributed by atoms with E-state index in [-0.39, 0.29) is 61.2 Å². The Balaban J connectivity index is 1.12. The number of amidine groups is 1. The zero-order valence-corrected chi connectivity index (χ0v) is 25.0. The summed E-state index contributed by atoms with van der Waals surface area (Å²) in [4.78, 5) is 32.3. The molecule has 2 saturated heterocycles. The van der Waals surface area contributed by atoms with E-state index in [0.29, 0.717) is 42.6 Å². The number of carbonyl (C=O) groups excluding carboxylic acids is 2. The van der Waals surface area contributed by atoms with Crippen molar-refractivity contribution in [2.75, 3.05) is 26.2 Å². The highest BCUT2D eigenvalue weighted by molar-refractivity contribution is 7.92. The number of rotatable bonds is 5. The molecule has 2 aromatic rings. The third-order valence-corrected chi connectivity index (χ3v) is 10.1. The van der Waals surface area contributed by atoms with E-state index < -0.39 is 21.9 Å². The first-order valence-electron chi connectivity index (χ1n) is 14.3. The fourth-order valence-corrected chi connectivity index (χ4v) is 7.22. The SMILES string of the molecule is Cc1cc(C(=O)N2CCC(O)CC2)cc(C)c1C=CS(=O)(=O)N1CCC2(CC1)N=C(c1ccc3c(c1)OC(F)(F)O3)NC2=O. The number of aliphatic hydroxyl groups is 1. The van der Waals surface area contributed by atoms with E-state index >= 15 is 0 Å². The van der Waals surface area contributed by atoms with Gasteiger partial charge in [-0.2, -0.15) is 4.31 Å². The minimum absolute atomic E-state index is 0.0557. The van der Waals surface area contributed by atoms with Crippen molar-refractivity contribution < 1.29 is 41.4 Å². The molecule has 4 heterocycles. The standard InChI is InChI=1S/C30H32F2N4O7S/c1-18-15-21(27(38)35-10-5-22(37)6-11-35)16-19(2)23(18)7-14-44(40,41)36-12-8-29(9-13-36)28(39)33-26(34-29)20-3-4-24-25(17-20)43-30(31,32)42-24/h3-4,7,14-17,22,37H,5-6,8-13H2,1-2H3,(H,33,34,39). The lowest BCUT2D eigenvalue weighted by Gasteiger charge is -2.34. The highest BCUT2D eigenvalue weighted by atomic mass is 32.2. The Morgan fingerprint density at radius 2 is 1.68 bits per heavy atom. The molecule has 0 saturated carbocycles. The number of likely N-dealkylation sites (tertiary alicyclic amines) is 1. The smallest absolute Gasteiger partial charge is 0.395 e. The number of nitrogens with one attached hydrogen (secondary N) is 1. The molecule has 0 radical (unpaired) electrons. The van der Waals surface area contributed by atoms with E-state index in [1.165, 1.54) is 28.6 Å². The molecule has 11 nitrogen and oxygen atoms in total. The molecule has 0 unspecified atom stereocenters. The van der Waals surface area contributed by atoms with Crippen LogP contribution in [0.25, 0.3) is 6.08 Å². The maximum atomic E-state index is 13.4. The number of aliphatic imine (C=N–C) groups is 1. The average molecular weight is 631 g/mol. The van der Waals surface area contributed by atoms with Gasteiger partial charge in [-0.05, 0) is 92.6 Å². The minimum atomic E-state index is -3.84. The second-order valence-corrected chi connectivity index (χ2v) is 13.4. The number of ether oxygens (including phenoxy) is 2. The molecule has 4 aliphatic heterocycles. The van der Waals surface area contributed by atoms with Crippen molar-refractivity contribution in [3.63, 3.8) is 0 Å². The molecule has 14 heteroatoms. The van der Waals surface area contributed by atoms with Gasteiger partial charge >= 0.3 is 6.29 Å². The van der Waals surface area contributed by atoms with Gasteiger partial charge in [-0.25, -0.2) is 8.42 Å². The van der Waals surface area contributed by atoms with E-state index in [1.54, 1.807) is 17.0 Å². The van der Waals surface area contributed by atoms with Crippen molar-refractivity contribution in [1.82, 2.24) is 14.5 Å². The number of benzene rings is 2. The summed E-state index contributed by atoms with van der Waals surface area (Å²) in [6.45, 7) is 4.73. The molecule has 234 valence electrons. The van der Waals surface area contributed by atoms with Crippen LogP contribution in [0.5, 0.6) is 11.5 Å². The van der Waals surface area contributed by atoms with E-state index in [1.807, 2.05) is 13.8 Å². The van der Waals surface area contributed by atoms with E-state index in [4.69, 9.17) is 0 Å². The van der Waals surface area contributed by atoms with Gasteiger partial charge in [-0.15, -0.1) is 8.78 Å². The van der Waals surface area contributed by atoms with Gasteiger partial charge in [0.05, 0.1) is 6.10 Å². The Bertz CT molecular complexity index is 1670. The van der Waals surface area contributed by atoms with Crippen LogP contribution in [0.2, 0.25) is 0 Å². The minimum Gasteiger partial charge on any atom is -0.395 e. The van der Waals surface area contributed by atoms with Gasteiger partial charge in [-0.1, -0.05) is 0 Å². The van der Waals surface area contributed by atoms with Gasteiger partial charge in [0.15, 0.2) is 11.5 Å². The Labute approximate surface area is 253 Å². The number of hydrogen-bond donors (Lipinski definition) is 2. The normalized spacial score (nSPS) is 21.6. The fraction of sp³-hybridized carbons (Fsp3) is 0.433. The van der Waals surface area contributed by atoms with Crippen LogP contribution >= 0.6 is 0 Å². The predicted molar refractivity (Wildman–Crippen MR) is 156 cm³/mol. The first-order chi connectivity index (χ1) is 20.8. The lowest BCUT2D eigenvalue weighted by atomic mass is 9.89. The fourth-order valence-electron chi connectivity index (χ4n) is 6.05. The first-order valence-corrected chi connectivity index (χ1v) is 15.8. The van der Waals surface area contributed by atoms with Crippen LogP contribution in [0.3, 0.4) is 0 Å². The highest BCUT2D eigenvalue weighted by Crippen LogP contribution is 2.42. The molecule has 2 N–H and O–H groups in total. The van der Waals surface area contributed by atoms with E-state index in [0.717, 1.165) is 16.5 Å². The number of nitrogens with zero attached hydrogens (tertiary/aromatic N) is 3. The molecular weight excluding hydrogens is 598 g/mol. The number of halogens is 2. The van der Waals surface area contributed by atoms with Gasteiger partial charge < -0.3 is 24.8 Å².